The van der Waals surface area contributed by atoms with Gasteiger partial charge in [-0.15, -0.1) is 0 Å². The van der Waals surface area contributed by atoms with E-state index in [1.54, 1.807) is 51.7 Å². The van der Waals surface area contributed by atoms with Gasteiger partial charge in [0.1, 0.15) is 11.3 Å². The van der Waals surface area contributed by atoms with Gasteiger partial charge in [0, 0.05) is 11.1 Å². The molecule has 2 aromatic rings. The van der Waals surface area contributed by atoms with Crippen LogP contribution in [0.4, 0.5) is 0 Å². The molecule has 0 aliphatic carbocycles. The molecule has 0 saturated heterocycles. The molecule has 0 heterocycles. The standard InChI is InChI=1S/C20H20O6/c1-22-16-10-13(8-9-15(16)20(21)26-5)6-7-14-11-17(23-2)19(25-4)18(12-14)24-3/h8-12H,1-5H3. The summed E-state index contributed by atoms with van der Waals surface area (Å²) in [6, 6.07) is 8.53. The lowest BCUT2D eigenvalue weighted by Gasteiger charge is -2.12. The first-order chi connectivity index (χ1) is 12.6. The van der Waals surface area contributed by atoms with Crippen molar-refractivity contribution in [3.63, 3.8) is 0 Å². The summed E-state index contributed by atoms with van der Waals surface area (Å²) in [5, 5.41) is 0. The molecular formula is C20H20O6. The summed E-state index contributed by atoms with van der Waals surface area (Å²) >= 11 is 0. The lowest BCUT2D eigenvalue weighted by atomic mass is 10.1. The predicted molar refractivity (Wildman–Crippen MR) is 96.4 cm³/mol. The van der Waals surface area contributed by atoms with Gasteiger partial charge in [0.2, 0.25) is 5.75 Å². The van der Waals surface area contributed by atoms with E-state index in [1.165, 1.54) is 14.2 Å². The van der Waals surface area contributed by atoms with Crippen LogP contribution in [0.15, 0.2) is 30.3 Å². The maximum Gasteiger partial charge on any atom is 0.341 e. The molecule has 0 aliphatic rings. The SMILES string of the molecule is COC(=O)c1ccc(C#Cc2cc(OC)c(OC)c(OC)c2)cc1OC. The first-order valence-corrected chi connectivity index (χ1v) is 7.66. The van der Waals surface area contributed by atoms with E-state index in [0.29, 0.717) is 39.7 Å². The second-order valence-corrected chi connectivity index (χ2v) is 5.07. The van der Waals surface area contributed by atoms with E-state index in [2.05, 4.69) is 11.8 Å². The summed E-state index contributed by atoms with van der Waals surface area (Å²) in [7, 11) is 7.44. The summed E-state index contributed by atoms with van der Waals surface area (Å²) in [5.74, 6) is 7.54. The first-order valence-electron chi connectivity index (χ1n) is 7.66. The van der Waals surface area contributed by atoms with E-state index in [1.807, 2.05) is 0 Å². The molecular weight excluding hydrogens is 336 g/mol. The fourth-order valence-corrected chi connectivity index (χ4v) is 2.35. The van der Waals surface area contributed by atoms with Crippen molar-refractivity contribution in [3.8, 4) is 34.8 Å². The number of ether oxygens (including phenoxy) is 5. The van der Waals surface area contributed by atoms with Crippen LogP contribution in [0.5, 0.6) is 23.0 Å². The fraction of sp³-hybridized carbons (Fsp3) is 0.250. The van der Waals surface area contributed by atoms with Crippen LogP contribution in [0.25, 0.3) is 0 Å². The molecule has 6 heteroatoms. The predicted octanol–water partition coefficient (Wildman–Crippen LogP) is 2.91. The Morgan fingerprint density at radius 1 is 0.731 bits per heavy atom. The molecule has 2 rings (SSSR count). The zero-order valence-electron chi connectivity index (χ0n) is 15.3. The summed E-state index contributed by atoms with van der Waals surface area (Å²) in [4.78, 5) is 11.7. The van der Waals surface area contributed by atoms with Crippen molar-refractivity contribution >= 4 is 5.97 Å². The van der Waals surface area contributed by atoms with Crippen molar-refractivity contribution in [2.75, 3.05) is 35.5 Å². The normalized spacial score (nSPS) is 9.58. The van der Waals surface area contributed by atoms with Crippen LogP contribution in [0.2, 0.25) is 0 Å². The lowest BCUT2D eigenvalue weighted by Crippen LogP contribution is -2.04. The van der Waals surface area contributed by atoms with E-state index >= 15 is 0 Å². The van der Waals surface area contributed by atoms with Crippen LogP contribution in [0.3, 0.4) is 0 Å². The molecule has 0 atom stereocenters. The fourth-order valence-electron chi connectivity index (χ4n) is 2.35. The Bertz CT molecular complexity index is 835. The quantitative estimate of drug-likeness (QED) is 0.606. The monoisotopic (exact) mass is 356 g/mol. The van der Waals surface area contributed by atoms with Gasteiger partial charge >= 0.3 is 5.97 Å². The average Bonchev–Trinajstić information content (AvgIpc) is 2.70. The van der Waals surface area contributed by atoms with Crippen LogP contribution < -0.4 is 18.9 Å². The zero-order valence-corrected chi connectivity index (χ0v) is 15.3. The van der Waals surface area contributed by atoms with Crippen LogP contribution >= 0.6 is 0 Å². The van der Waals surface area contributed by atoms with Gasteiger partial charge in [-0.1, -0.05) is 11.8 Å². The number of carbonyl (C=O) groups is 1. The second kappa shape index (κ2) is 8.67. The zero-order chi connectivity index (χ0) is 19.1. The highest BCUT2D eigenvalue weighted by Crippen LogP contribution is 2.37. The molecule has 0 radical (unpaired) electrons. The summed E-state index contributed by atoms with van der Waals surface area (Å²) in [6.07, 6.45) is 0. The summed E-state index contributed by atoms with van der Waals surface area (Å²) in [6.45, 7) is 0. The van der Waals surface area contributed by atoms with E-state index in [0.717, 1.165) is 0 Å². The third kappa shape index (κ3) is 4.01. The number of carbonyl (C=O) groups excluding carboxylic acids is 1. The molecule has 6 nitrogen and oxygen atoms in total. The van der Waals surface area contributed by atoms with Gasteiger partial charge in [0.05, 0.1) is 35.5 Å². The van der Waals surface area contributed by atoms with Gasteiger partial charge in [0.25, 0.3) is 0 Å². The highest BCUT2D eigenvalue weighted by Gasteiger charge is 2.13. The number of methoxy groups -OCH3 is 5. The summed E-state index contributed by atoms with van der Waals surface area (Å²) in [5.41, 5.74) is 1.71. The number of benzene rings is 2. The minimum atomic E-state index is -0.467. The van der Waals surface area contributed by atoms with Gasteiger partial charge in [0.15, 0.2) is 11.5 Å². The minimum Gasteiger partial charge on any atom is -0.496 e. The summed E-state index contributed by atoms with van der Waals surface area (Å²) < 4.78 is 25.9. The molecule has 0 spiro atoms. The Kier molecular flexibility index (Phi) is 6.34. The third-order valence-electron chi connectivity index (χ3n) is 3.62. The topological polar surface area (TPSA) is 63.2 Å². The Labute approximate surface area is 152 Å². The van der Waals surface area contributed by atoms with Crippen LogP contribution in [0, 0.1) is 11.8 Å². The minimum absolute atomic E-state index is 0.341. The van der Waals surface area contributed by atoms with E-state index in [-0.39, 0.29) is 0 Å². The molecule has 136 valence electrons. The number of rotatable bonds is 5. The Balaban J connectivity index is 2.41. The maximum atomic E-state index is 11.7. The number of hydrogen-bond donors (Lipinski definition) is 0. The number of hydrogen-bond acceptors (Lipinski definition) is 6. The van der Waals surface area contributed by atoms with Crippen molar-refractivity contribution < 1.29 is 28.5 Å². The van der Waals surface area contributed by atoms with E-state index in [9.17, 15) is 4.79 Å². The van der Waals surface area contributed by atoms with Gasteiger partial charge in [-0.25, -0.2) is 4.79 Å². The van der Waals surface area contributed by atoms with E-state index in [4.69, 9.17) is 23.7 Å². The van der Waals surface area contributed by atoms with Gasteiger partial charge in [-0.2, -0.15) is 0 Å². The van der Waals surface area contributed by atoms with Crippen molar-refractivity contribution in [1.29, 1.82) is 0 Å². The largest absolute Gasteiger partial charge is 0.496 e. The van der Waals surface area contributed by atoms with Crippen LogP contribution in [-0.4, -0.2) is 41.5 Å². The molecule has 26 heavy (non-hydrogen) atoms. The van der Waals surface area contributed by atoms with Crippen molar-refractivity contribution in [2.24, 2.45) is 0 Å². The van der Waals surface area contributed by atoms with Gasteiger partial charge in [-0.3, -0.25) is 0 Å². The molecule has 0 fully saturated rings. The Hall–Kier alpha value is -3.33. The van der Waals surface area contributed by atoms with Crippen molar-refractivity contribution in [2.45, 2.75) is 0 Å². The van der Waals surface area contributed by atoms with Crippen LogP contribution in [0.1, 0.15) is 21.5 Å². The first kappa shape index (κ1) is 19.0. The molecule has 0 aliphatic heterocycles. The molecule has 0 N–H and O–H groups in total. The van der Waals surface area contributed by atoms with Crippen molar-refractivity contribution in [1.82, 2.24) is 0 Å². The van der Waals surface area contributed by atoms with Gasteiger partial charge in [-0.05, 0) is 30.3 Å². The molecule has 0 amide bonds. The molecule has 0 bridgehead atoms. The third-order valence-corrected chi connectivity index (χ3v) is 3.62. The lowest BCUT2D eigenvalue weighted by molar-refractivity contribution is 0.0597. The molecule has 0 saturated carbocycles. The smallest absolute Gasteiger partial charge is 0.341 e. The Morgan fingerprint density at radius 2 is 1.27 bits per heavy atom. The number of esters is 1. The molecule has 2 aromatic carbocycles. The maximum absolute atomic E-state index is 11.7. The Morgan fingerprint density at radius 3 is 1.77 bits per heavy atom. The van der Waals surface area contributed by atoms with Crippen LogP contribution in [-0.2, 0) is 4.74 Å². The molecule has 0 aromatic heterocycles. The highest BCUT2D eigenvalue weighted by molar-refractivity contribution is 5.92. The second-order valence-electron chi connectivity index (χ2n) is 5.07. The van der Waals surface area contributed by atoms with Gasteiger partial charge < -0.3 is 23.7 Å². The van der Waals surface area contributed by atoms with E-state index < -0.39 is 5.97 Å². The van der Waals surface area contributed by atoms with Crippen molar-refractivity contribution in [3.05, 3.63) is 47.0 Å². The molecule has 0 unspecified atom stereocenters. The average molecular weight is 356 g/mol. The highest BCUT2D eigenvalue weighted by atomic mass is 16.5.